The number of anilines is 1. The van der Waals surface area contributed by atoms with E-state index < -0.39 is 0 Å². The SMILES string of the molecule is CCCc1nc(CN2CCN(CC(=O)Nc3cc(C)on3)CC2)cs1. The van der Waals surface area contributed by atoms with Gasteiger partial charge >= 0.3 is 0 Å². The number of carbonyl (C=O) groups excluding carboxylic acids is 1. The molecule has 1 aliphatic rings. The summed E-state index contributed by atoms with van der Waals surface area (Å²) >= 11 is 1.76. The molecule has 0 spiro atoms. The highest BCUT2D eigenvalue weighted by Gasteiger charge is 2.20. The van der Waals surface area contributed by atoms with E-state index in [-0.39, 0.29) is 5.91 Å². The minimum atomic E-state index is -0.0505. The van der Waals surface area contributed by atoms with E-state index in [1.807, 2.05) is 0 Å². The molecule has 0 atom stereocenters. The van der Waals surface area contributed by atoms with Gasteiger partial charge in [0.1, 0.15) is 5.76 Å². The van der Waals surface area contributed by atoms with Gasteiger partial charge in [-0.15, -0.1) is 11.3 Å². The number of aromatic nitrogens is 2. The predicted octanol–water partition coefficient (Wildman–Crippen LogP) is 2.15. The molecule has 0 unspecified atom stereocenters. The Labute approximate surface area is 152 Å². The van der Waals surface area contributed by atoms with Gasteiger partial charge in [0.05, 0.1) is 17.2 Å². The fourth-order valence-corrected chi connectivity index (χ4v) is 3.79. The van der Waals surface area contributed by atoms with Crippen LogP contribution in [-0.4, -0.2) is 58.6 Å². The summed E-state index contributed by atoms with van der Waals surface area (Å²) in [5.74, 6) is 1.12. The van der Waals surface area contributed by atoms with Crippen LogP contribution < -0.4 is 5.32 Å². The van der Waals surface area contributed by atoms with Crippen molar-refractivity contribution in [1.82, 2.24) is 19.9 Å². The molecular formula is C17H25N5O2S. The van der Waals surface area contributed by atoms with Crippen molar-refractivity contribution in [3.63, 3.8) is 0 Å². The molecule has 1 fully saturated rings. The standard InChI is InChI=1S/C17H25N5O2S/c1-3-4-17-18-14(12-25-17)10-21-5-7-22(8-6-21)11-16(23)19-15-9-13(2)24-20-15/h9,12H,3-8,10-11H2,1-2H3,(H,19,20,23). The van der Waals surface area contributed by atoms with Crippen LogP contribution in [0.25, 0.3) is 0 Å². The zero-order valence-corrected chi connectivity index (χ0v) is 15.6. The van der Waals surface area contributed by atoms with Crippen molar-refractivity contribution >= 4 is 23.1 Å². The molecule has 7 nitrogen and oxygen atoms in total. The molecule has 0 aromatic carbocycles. The number of hydrogen-bond acceptors (Lipinski definition) is 7. The molecule has 2 aromatic rings. The summed E-state index contributed by atoms with van der Waals surface area (Å²) in [4.78, 5) is 21.3. The molecule has 1 saturated heterocycles. The number of hydrogen-bond donors (Lipinski definition) is 1. The number of nitrogens with zero attached hydrogens (tertiary/aromatic N) is 4. The van der Waals surface area contributed by atoms with Crippen LogP contribution in [0, 0.1) is 6.92 Å². The topological polar surface area (TPSA) is 74.5 Å². The fraction of sp³-hybridized carbons (Fsp3) is 0.588. The molecule has 3 rings (SSSR count). The Morgan fingerprint density at radius 2 is 2.08 bits per heavy atom. The number of aryl methyl sites for hydroxylation is 2. The Balaban J connectivity index is 1.39. The van der Waals surface area contributed by atoms with E-state index in [0.29, 0.717) is 18.1 Å². The third-order valence-electron chi connectivity index (χ3n) is 4.18. The van der Waals surface area contributed by atoms with E-state index >= 15 is 0 Å². The Hall–Kier alpha value is -1.77. The highest BCUT2D eigenvalue weighted by atomic mass is 32.1. The van der Waals surface area contributed by atoms with E-state index in [4.69, 9.17) is 9.51 Å². The Kier molecular flexibility index (Phi) is 6.17. The second-order valence-electron chi connectivity index (χ2n) is 6.41. The van der Waals surface area contributed by atoms with Gasteiger partial charge in [-0.25, -0.2) is 4.98 Å². The molecule has 1 amide bonds. The zero-order chi connectivity index (χ0) is 17.6. The third kappa shape index (κ3) is 5.35. The van der Waals surface area contributed by atoms with Crippen LogP contribution in [0.2, 0.25) is 0 Å². The van der Waals surface area contributed by atoms with E-state index in [9.17, 15) is 4.79 Å². The average Bonchev–Trinajstić information content (AvgIpc) is 3.19. The van der Waals surface area contributed by atoms with Crippen molar-refractivity contribution in [1.29, 1.82) is 0 Å². The van der Waals surface area contributed by atoms with E-state index in [0.717, 1.165) is 45.6 Å². The van der Waals surface area contributed by atoms with Crippen molar-refractivity contribution in [2.24, 2.45) is 0 Å². The van der Waals surface area contributed by atoms with Gasteiger partial charge in [-0.3, -0.25) is 14.6 Å². The van der Waals surface area contributed by atoms with E-state index in [1.165, 1.54) is 10.7 Å². The highest BCUT2D eigenvalue weighted by Crippen LogP contribution is 2.15. The smallest absolute Gasteiger partial charge is 0.239 e. The molecule has 25 heavy (non-hydrogen) atoms. The first kappa shape index (κ1) is 18.0. The summed E-state index contributed by atoms with van der Waals surface area (Å²) in [6, 6.07) is 1.72. The number of piperazine rings is 1. The highest BCUT2D eigenvalue weighted by molar-refractivity contribution is 7.09. The molecule has 0 bridgehead atoms. The number of thiazole rings is 1. The van der Waals surface area contributed by atoms with Crippen molar-refractivity contribution < 1.29 is 9.32 Å². The predicted molar refractivity (Wildman–Crippen MR) is 97.7 cm³/mol. The van der Waals surface area contributed by atoms with Crippen molar-refractivity contribution in [2.45, 2.75) is 33.2 Å². The summed E-state index contributed by atoms with van der Waals surface area (Å²) in [6.45, 7) is 8.95. The monoisotopic (exact) mass is 363 g/mol. The number of carbonyl (C=O) groups is 1. The van der Waals surface area contributed by atoms with Gasteiger partial charge in [0.25, 0.3) is 0 Å². The molecule has 3 heterocycles. The largest absolute Gasteiger partial charge is 0.360 e. The average molecular weight is 363 g/mol. The second-order valence-corrected chi connectivity index (χ2v) is 7.35. The fourth-order valence-electron chi connectivity index (χ4n) is 2.90. The van der Waals surface area contributed by atoms with Gasteiger partial charge in [-0.1, -0.05) is 12.1 Å². The van der Waals surface area contributed by atoms with Crippen LogP contribution in [0.1, 0.15) is 29.8 Å². The van der Waals surface area contributed by atoms with Gasteiger partial charge in [-0.2, -0.15) is 0 Å². The molecule has 0 aliphatic carbocycles. The van der Waals surface area contributed by atoms with Gasteiger partial charge in [0.15, 0.2) is 5.82 Å². The molecule has 1 N–H and O–H groups in total. The van der Waals surface area contributed by atoms with Crippen molar-refractivity contribution in [3.05, 3.63) is 27.9 Å². The first-order valence-corrected chi connectivity index (χ1v) is 9.61. The van der Waals surface area contributed by atoms with Crippen LogP contribution in [0.15, 0.2) is 16.0 Å². The number of amides is 1. The molecule has 136 valence electrons. The van der Waals surface area contributed by atoms with Crippen LogP contribution in [0.5, 0.6) is 0 Å². The summed E-state index contributed by atoms with van der Waals surface area (Å²) in [7, 11) is 0. The summed E-state index contributed by atoms with van der Waals surface area (Å²) in [5, 5.41) is 9.95. The lowest BCUT2D eigenvalue weighted by Gasteiger charge is -2.33. The molecule has 2 aromatic heterocycles. The van der Waals surface area contributed by atoms with Crippen LogP contribution in [-0.2, 0) is 17.8 Å². The Bertz CT molecular complexity index is 691. The molecule has 0 saturated carbocycles. The van der Waals surface area contributed by atoms with Gasteiger partial charge < -0.3 is 9.84 Å². The summed E-state index contributed by atoms with van der Waals surface area (Å²) in [5.41, 5.74) is 1.17. The molecule has 1 aliphatic heterocycles. The maximum Gasteiger partial charge on any atom is 0.239 e. The van der Waals surface area contributed by atoms with Crippen LogP contribution in [0.3, 0.4) is 0 Å². The maximum atomic E-state index is 12.1. The summed E-state index contributed by atoms with van der Waals surface area (Å²) < 4.78 is 4.95. The Morgan fingerprint density at radius 3 is 2.76 bits per heavy atom. The van der Waals surface area contributed by atoms with Crippen LogP contribution in [0.4, 0.5) is 5.82 Å². The number of nitrogens with one attached hydrogen (secondary N) is 1. The Morgan fingerprint density at radius 1 is 1.32 bits per heavy atom. The van der Waals surface area contributed by atoms with Crippen molar-refractivity contribution in [2.75, 3.05) is 38.0 Å². The van der Waals surface area contributed by atoms with Gasteiger partial charge in [-0.05, 0) is 19.8 Å². The minimum Gasteiger partial charge on any atom is -0.360 e. The van der Waals surface area contributed by atoms with Gasteiger partial charge in [0.2, 0.25) is 5.91 Å². The first-order chi connectivity index (χ1) is 12.1. The van der Waals surface area contributed by atoms with Gasteiger partial charge in [0, 0.05) is 44.2 Å². The summed E-state index contributed by atoms with van der Waals surface area (Å²) in [6.07, 6.45) is 2.21. The van der Waals surface area contributed by atoms with Crippen molar-refractivity contribution in [3.8, 4) is 0 Å². The third-order valence-corrected chi connectivity index (χ3v) is 5.13. The zero-order valence-electron chi connectivity index (χ0n) is 14.8. The first-order valence-electron chi connectivity index (χ1n) is 8.73. The van der Waals surface area contributed by atoms with Crippen LogP contribution >= 0.6 is 11.3 Å². The lowest BCUT2D eigenvalue weighted by Crippen LogP contribution is -2.48. The molecular weight excluding hydrogens is 338 g/mol. The lowest BCUT2D eigenvalue weighted by molar-refractivity contribution is -0.117. The quantitative estimate of drug-likeness (QED) is 0.812. The minimum absolute atomic E-state index is 0.0505. The normalized spacial score (nSPS) is 16.2. The second kappa shape index (κ2) is 8.55. The molecule has 8 heteroatoms. The lowest BCUT2D eigenvalue weighted by atomic mass is 10.3. The maximum absolute atomic E-state index is 12.1. The molecule has 0 radical (unpaired) electrons. The van der Waals surface area contributed by atoms with E-state index in [2.05, 4.69) is 32.6 Å². The number of rotatable bonds is 7. The van der Waals surface area contributed by atoms with E-state index in [1.54, 1.807) is 24.3 Å².